The largest absolute Gasteiger partial charge is 0.389 e. The summed E-state index contributed by atoms with van der Waals surface area (Å²) in [6.45, 7) is 7.91. The number of β-amino-alcohol motifs (C(OH)–C–C–N with tert-alkyl or cyclic N) is 1. The van der Waals surface area contributed by atoms with Gasteiger partial charge in [-0.2, -0.15) is 0 Å². The van der Waals surface area contributed by atoms with E-state index in [1.54, 1.807) is 0 Å². The Balaban J connectivity index is 2.28. The lowest BCUT2D eigenvalue weighted by molar-refractivity contribution is -0.0343. The molecule has 112 valence electrons. The van der Waals surface area contributed by atoms with Crippen LogP contribution in [0.4, 0.5) is 0 Å². The van der Waals surface area contributed by atoms with Crippen LogP contribution < -0.4 is 5.73 Å². The molecule has 3 heteroatoms. The molecule has 0 saturated carbocycles. The highest BCUT2D eigenvalue weighted by Gasteiger charge is 2.34. The molecule has 1 saturated heterocycles. The molecule has 0 bridgehead atoms. The van der Waals surface area contributed by atoms with Crippen molar-refractivity contribution in [3.8, 4) is 0 Å². The van der Waals surface area contributed by atoms with Gasteiger partial charge in [0, 0.05) is 18.6 Å². The van der Waals surface area contributed by atoms with Crippen LogP contribution in [0.3, 0.4) is 0 Å². The van der Waals surface area contributed by atoms with Crippen LogP contribution in [-0.2, 0) is 0 Å². The number of rotatable bonds is 4. The fraction of sp³-hybridized carbons (Fsp3) is 0.647. The Morgan fingerprint density at radius 3 is 2.80 bits per heavy atom. The first-order valence-corrected chi connectivity index (χ1v) is 7.71. The van der Waals surface area contributed by atoms with Crippen LogP contribution in [-0.4, -0.2) is 34.7 Å². The van der Waals surface area contributed by atoms with Crippen molar-refractivity contribution in [2.45, 2.75) is 57.7 Å². The van der Waals surface area contributed by atoms with E-state index in [1.165, 1.54) is 11.1 Å². The van der Waals surface area contributed by atoms with Crippen molar-refractivity contribution in [1.82, 2.24) is 4.90 Å². The van der Waals surface area contributed by atoms with Gasteiger partial charge in [0.15, 0.2) is 0 Å². The summed E-state index contributed by atoms with van der Waals surface area (Å²) in [5.41, 5.74) is 8.34. The monoisotopic (exact) mass is 276 g/mol. The van der Waals surface area contributed by atoms with Crippen LogP contribution in [0.1, 0.15) is 50.3 Å². The topological polar surface area (TPSA) is 49.5 Å². The van der Waals surface area contributed by atoms with Crippen LogP contribution in [0.5, 0.6) is 0 Å². The van der Waals surface area contributed by atoms with Crippen LogP contribution in [0, 0.1) is 6.92 Å². The minimum Gasteiger partial charge on any atom is -0.389 e. The molecule has 0 amide bonds. The number of nitrogens with zero attached hydrogens (tertiary/aromatic N) is 1. The zero-order chi connectivity index (χ0) is 14.8. The number of hydrogen-bond acceptors (Lipinski definition) is 3. The molecule has 1 aliphatic rings. The number of piperidine rings is 1. The molecule has 0 aromatic heterocycles. The van der Waals surface area contributed by atoms with Crippen molar-refractivity contribution in [2.75, 3.05) is 13.1 Å². The Hall–Kier alpha value is -0.900. The van der Waals surface area contributed by atoms with Crippen LogP contribution in [0.15, 0.2) is 24.3 Å². The summed E-state index contributed by atoms with van der Waals surface area (Å²) in [5, 5.41) is 10.4. The minimum absolute atomic E-state index is 0.103. The Labute approximate surface area is 122 Å². The second-order valence-electron chi connectivity index (χ2n) is 6.50. The molecule has 1 aromatic carbocycles. The van der Waals surface area contributed by atoms with E-state index in [1.807, 2.05) is 6.92 Å². The quantitative estimate of drug-likeness (QED) is 0.889. The van der Waals surface area contributed by atoms with Gasteiger partial charge < -0.3 is 10.8 Å². The summed E-state index contributed by atoms with van der Waals surface area (Å²) in [6.07, 6.45) is 2.86. The second kappa shape index (κ2) is 6.25. The Bertz CT molecular complexity index is 444. The fourth-order valence-electron chi connectivity index (χ4n) is 3.30. The van der Waals surface area contributed by atoms with Gasteiger partial charge in [-0.3, -0.25) is 4.90 Å². The van der Waals surface area contributed by atoms with Crippen LogP contribution in [0.2, 0.25) is 0 Å². The third-order valence-electron chi connectivity index (χ3n) is 4.36. The first-order valence-electron chi connectivity index (χ1n) is 7.71. The van der Waals surface area contributed by atoms with Crippen molar-refractivity contribution in [3.05, 3.63) is 35.4 Å². The number of aliphatic hydroxyl groups is 1. The van der Waals surface area contributed by atoms with Gasteiger partial charge in [-0.1, -0.05) is 36.8 Å². The number of nitrogens with two attached hydrogens (primary N) is 1. The standard InChI is InChI=1S/C17H28N2O/c1-4-15(18)16(14-8-5-7-13(2)11-14)19-10-6-9-17(3,20)12-19/h5,7-8,11,15-16,20H,4,6,9-10,12,18H2,1-3H3. The van der Waals surface area contributed by atoms with E-state index >= 15 is 0 Å². The first-order chi connectivity index (χ1) is 9.43. The summed E-state index contributed by atoms with van der Waals surface area (Å²) in [4.78, 5) is 2.37. The fourth-order valence-corrected chi connectivity index (χ4v) is 3.30. The van der Waals surface area contributed by atoms with E-state index < -0.39 is 5.60 Å². The molecule has 3 unspecified atom stereocenters. The summed E-state index contributed by atoms with van der Waals surface area (Å²) in [6, 6.07) is 8.91. The molecular formula is C17H28N2O. The predicted octanol–water partition coefficient (Wildman–Crippen LogP) is 2.62. The zero-order valence-corrected chi connectivity index (χ0v) is 13.0. The van der Waals surface area contributed by atoms with Gasteiger partial charge in [0.2, 0.25) is 0 Å². The molecule has 1 aliphatic heterocycles. The molecule has 1 aromatic rings. The number of hydrogen-bond donors (Lipinski definition) is 2. The molecule has 0 spiro atoms. The average Bonchev–Trinajstić information content (AvgIpc) is 2.38. The second-order valence-corrected chi connectivity index (χ2v) is 6.50. The highest BCUT2D eigenvalue weighted by molar-refractivity contribution is 5.26. The molecule has 2 rings (SSSR count). The lowest BCUT2D eigenvalue weighted by Crippen LogP contribution is -2.51. The summed E-state index contributed by atoms with van der Waals surface area (Å²) in [5.74, 6) is 0. The van der Waals surface area contributed by atoms with Crippen LogP contribution in [0.25, 0.3) is 0 Å². The molecule has 3 N–H and O–H groups in total. The SMILES string of the molecule is CCC(N)C(c1cccc(C)c1)N1CCCC(C)(O)C1. The smallest absolute Gasteiger partial charge is 0.0746 e. The van der Waals surface area contributed by atoms with Crippen molar-refractivity contribution < 1.29 is 5.11 Å². The molecule has 1 fully saturated rings. The molecule has 3 nitrogen and oxygen atoms in total. The van der Waals surface area contributed by atoms with Crippen LogP contribution >= 0.6 is 0 Å². The predicted molar refractivity (Wildman–Crippen MR) is 83.6 cm³/mol. The maximum Gasteiger partial charge on any atom is 0.0746 e. The summed E-state index contributed by atoms with van der Waals surface area (Å²) < 4.78 is 0. The van der Waals surface area contributed by atoms with Gasteiger partial charge in [-0.05, 0) is 45.2 Å². The number of benzene rings is 1. The van der Waals surface area contributed by atoms with Gasteiger partial charge in [0.1, 0.15) is 0 Å². The van der Waals surface area contributed by atoms with E-state index in [9.17, 15) is 5.11 Å². The van der Waals surface area contributed by atoms with E-state index in [0.717, 1.165) is 25.8 Å². The lowest BCUT2D eigenvalue weighted by Gasteiger charge is -2.43. The Kier molecular flexibility index (Phi) is 4.84. The van der Waals surface area contributed by atoms with Gasteiger partial charge in [0.25, 0.3) is 0 Å². The molecular weight excluding hydrogens is 248 g/mol. The highest BCUT2D eigenvalue weighted by Crippen LogP contribution is 2.31. The molecule has 0 radical (unpaired) electrons. The number of likely N-dealkylation sites (tertiary alicyclic amines) is 1. The van der Waals surface area contributed by atoms with E-state index in [4.69, 9.17) is 5.73 Å². The van der Waals surface area contributed by atoms with Crippen molar-refractivity contribution in [3.63, 3.8) is 0 Å². The van der Waals surface area contributed by atoms with Crippen molar-refractivity contribution >= 4 is 0 Å². The third-order valence-corrected chi connectivity index (χ3v) is 4.36. The van der Waals surface area contributed by atoms with Crippen molar-refractivity contribution in [1.29, 1.82) is 0 Å². The Morgan fingerprint density at radius 2 is 2.20 bits per heavy atom. The summed E-state index contributed by atoms with van der Waals surface area (Å²) in [7, 11) is 0. The maximum atomic E-state index is 10.4. The van der Waals surface area contributed by atoms with Gasteiger partial charge in [-0.25, -0.2) is 0 Å². The molecule has 0 aliphatic carbocycles. The van der Waals surface area contributed by atoms with Crippen molar-refractivity contribution in [2.24, 2.45) is 5.73 Å². The lowest BCUT2D eigenvalue weighted by atomic mass is 9.89. The molecule has 3 atom stereocenters. The third kappa shape index (κ3) is 3.60. The maximum absolute atomic E-state index is 10.4. The van der Waals surface area contributed by atoms with E-state index in [-0.39, 0.29) is 12.1 Å². The first kappa shape index (κ1) is 15.5. The minimum atomic E-state index is -0.589. The average molecular weight is 276 g/mol. The zero-order valence-electron chi connectivity index (χ0n) is 13.0. The van der Waals surface area contributed by atoms with Gasteiger partial charge in [-0.15, -0.1) is 0 Å². The van der Waals surface area contributed by atoms with Gasteiger partial charge >= 0.3 is 0 Å². The highest BCUT2D eigenvalue weighted by atomic mass is 16.3. The van der Waals surface area contributed by atoms with E-state index in [2.05, 4.69) is 43.0 Å². The molecule has 20 heavy (non-hydrogen) atoms. The normalized spacial score (nSPS) is 27.2. The van der Waals surface area contributed by atoms with E-state index in [0.29, 0.717) is 6.54 Å². The number of aryl methyl sites for hydroxylation is 1. The Morgan fingerprint density at radius 1 is 1.45 bits per heavy atom. The summed E-state index contributed by atoms with van der Waals surface area (Å²) >= 11 is 0. The van der Waals surface area contributed by atoms with Gasteiger partial charge in [0.05, 0.1) is 5.60 Å². The molecule has 1 heterocycles.